The van der Waals surface area contributed by atoms with E-state index in [1.807, 2.05) is 24.3 Å². The van der Waals surface area contributed by atoms with E-state index in [0.29, 0.717) is 58.2 Å². The van der Waals surface area contributed by atoms with Crippen molar-refractivity contribution in [3.63, 3.8) is 0 Å². The molecule has 5 nitrogen and oxygen atoms in total. The molecular weight excluding hydrogens is 569 g/mol. The van der Waals surface area contributed by atoms with Gasteiger partial charge < -0.3 is 10.2 Å². The molecule has 0 radical (unpaired) electrons. The summed E-state index contributed by atoms with van der Waals surface area (Å²) in [6.45, 7) is 3.39. The number of carbonyl (C=O) groups is 2. The number of nitrogens with zero attached hydrogens (tertiary/aromatic N) is 1. The van der Waals surface area contributed by atoms with Gasteiger partial charge in [0, 0.05) is 24.3 Å². The Balaban J connectivity index is 1.36. The summed E-state index contributed by atoms with van der Waals surface area (Å²) in [6.07, 6.45) is -1.62. The molecule has 1 aromatic carbocycles. The van der Waals surface area contributed by atoms with Crippen LogP contribution in [-0.2, 0) is 16.1 Å². The zero-order valence-electron chi connectivity index (χ0n) is 24.2. The first-order chi connectivity index (χ1) is 20.2. The highest BCUT2D eigenvalue weighted by molar-refractivity contribution is 5.93. The summed E-state index contributed by atoms with van der Waals surface area (Å²) in [4.78, 5) is 25.7. The lowest BCUT2D eigenvalue weighted by Crippen LogP contribution is -2.65. The Morgan fingerprint density at radius 2 is 1.67 bits per heavy atom. The van der Waals surface area contributed by atoms with Crippen LogP contribution in [0.2, 0.25) is 0 Å². The molecule has 0 spiro atoms. The lowest BCUT2D eigenvalue weighted by Gasteiger charge is -2.56. The fourth-order valence-corrected chi connectivity index (χ4v) is 9.17. The normalized spacial score (nSPS) is 34.0. The van der Waals surface area contributed by atoms with E-state index < -0.39 is 47.3 Å². The number of carboxylic acids is 1. The molecule has 0 bridgehead atoms. The van der Waals surface area contributed by atoms with Crippen LogP contribution in [0.4, 0.5) is 22.0 Å². The average Bonchev–Trinajstić information content (AvgIpc) is 3.24. The van der Waals surface area contributed by atoms with Crippen molar-refractivity contribution in [3.05, 3.63) is 58.2 Å². The summed E-state index contributed by atoms with van der Waals surface area (Å²) >= 11 is 0. The molecule has 5 atom stereocenters. The molecule has 1 aromatic rings. The number of benzene rings is 1. The Labute approximate surface area is 247 Å². The minimum atomic E-state index is -5.87. The Bertz CT molecular complexity index is 1360. The summed E-state index contributed by atoms with van der Waals surface area (Å²) in [5.74, 6) is -7.56. The number of alkyl halides is 5. The second-order valence-electron chi connectivity index (χ2n) is 13.6. The molecule has 1 saturated heterocycles. The number of likely N-dealkylation sites (tertiary alicyclic amines) is 1. The van der Waals surface area contributed by atoms with Crippen molar-refractivity contribution in [2.75, 3.05) is 13.1 Å². The number of hydrogen-bond donors (Lipinski definition) is 2. The van der Waals surface area contributed by atoms with Crippen LogP contribution in [0.5, 0.6) is 0 Å². The van der Waals surface area contributed by atoms with Gasteiger partial charge in [-0.2, -0.15) is 22.0 Å². The van der Waals surface area contributed by atoms with E-state index >= 15 is 8.78 Å². The van der Waals surface area contributed by atoms with Gasteiger partial charge in [-0.25, -0.2) is 0 Å². The SMILES string of the molecule is C[C@]12C[C@H](c3ccc(CN4CCC(C(=O)O)CC4)cc3)C3=C4CCC(=O)C=C4CCC3C1CC[C@@]2(O)C(F)(F)C(F)(F)F. The maximum Gasteiger partial charge on any atom is 0.456 e. The molecule has 5 aliphatic rings. The quantitative estimate of drug-likeness (QED) is 0.360. The van der Waals surface area contributed by atoms with Gasteiger partial charge in [0.05, 0.1) is 5.92 Å². The minimum Gasteiger partial charge on any atom is -0.481 e. The zero-order chi connectivity index (χ0) is 30.9. The van der Waals surface area contributed by atoms with Crippen LogP contribution in [-0.4, -0.2) is 57.7 Å². The molecule has 6 rings (SSSR count). The maximum atomic E-state index is 15.2. The molecule has 1 aliphatic heterocycles. The van der Waals surface area contributed by atoms with E-state index in [2.05, 4.69) is 4.90 Å². The number of allylic oxidation sites excluding steroid dienone is 4. The summed E-state index contributed by atoms with van der Waals surface area (Å²) in [7, 11) is 0. The Morgan fingerprint density at radius 1 is 1.00 bits per heavy atom. The van der Waals surface area contributed by atoms with E-state index in [0.717, 1.165) is 27.8 Å². The van der Waals surface area contributed by atoms with E-state index in [9.17, 15) is 33.0 Å². The first-order valence-electron chi connectivity index (χ1n) is 15.3. The Hall–Kier alpha value is -2.59. The van der Waals surface area contributed by atoms with Crippen molar-refractivity contribution in [1.82, 2.24) is 4.90 Å². The molecule has 3 fully saturated rings. The van der Waals surface area contributed by atoms with Gasteiger partial charge in [0.25, 0.3) is 0 Å². The van der Waals surface area contributed by atoms with Crippen molar-refractivity contribution in [3.8, 4) is 0 Å². The predicted molar refractivity (Wildman–Crippen MR) is 148 cm³/mol. The lowest BCUT2D eigenvalue weighted by atomic mass is 9.50. The number of piperidine rings is 1. The second kappa shape index (κ2) is 10.5. The number of hydrogen-bond acceptors (Lipinski definition) is 4. The maximum absolute atomic E-state index is 15.2. The van der Waals surface area contributed by atoms with Gasteiger partial charge in [-0.1, -0.05) is 36.8 Å². The largest absolute Gasteiger partial charge is 0.481 e. The van der Waals surface area contributed by atoms with Gasteiger partial charge in [-0.15, -0.1) is 0 Å². The van der Waals surface area contributed by atoms with Crippen LogP contribution in [0.25, 0.3) is 0 Å². The first kappa shape index (κ1) is 30.4. The lowest BCUT2D eigenvalue weighted by molar-refractivity contribution is -0.362. The molecule has 10 heteroatoms. The number of carboxylic acid groups (broad SMARTS) is 1. The van der Waals surface area contributed by atoms with E-state index in [-0.39, 0.29) is 30.5 Å². The number of aliphatic hydroxyl groups is 1. The number of ketones is 1. The van der Waals surface area contributed by atoms with Crippen LogP contribution in [0.15, 0.2) is 47.1 Å². The highest BCUT2D eigenvalue weighted by atomic mass is 19.4. The summed E-state index contributed by atoms with van der Waals surface area (Å²) < 4.78 is 71.7. The highest BCUT2D eigenvalue weighted by Crippen LogP contribution is 2.70. The van der Waals surface area contributed by atoms with Gasteiger partial charge in [0.2, 0.25) is 0 Å². The molecule has 0 amide bonds. The van der Waals surface area contributed by atoms with Crippen LogP contribution >= 0.6 is 0 Å². The van der Waals surface area contributed by atoms with Gasteiger partial charge >= 0.3 is 18.1 Å². The minimum absolute atomic E-state index is 0.0432. The van der Waals surface area contributed by atoms with Gasteiger partial charge in [0.15, 0.2) is 5.78 Å². The number of fused-ring (bicyclic) bond motifs is 4. The topological polar surface area (TPSA) is 77.8 Å². The average molecular weight is 608 g/mol. The zero-order valence-corrected chi connectivity index (χ0v) is 24.2. The van der Waals surface area contributed by atoms with Crippen molar-refractivity contribution in [2.24, 2.45) is 23.2 Å². The van der Waals surface area contributed by atoms with Crippen LogP contribution in [0, 0.1) is 23.2 Å². The third-order valence-corrected chi connectivity index (χ3v) is 11.5. The third kappa shape index (κ3) is 4.78. The van der Waals surface area contributed by atoms with E-state index in [4.69, 9.17) is 0 Å². The number of aliphatic carboxylic acids is 1. The van der Waals surface area contributed by atoms with Gasteiger partial charge in [0.1, 0.15) is 5.60 Å². The first-order valence-corrected chi connectivity index (χ1v) is 15.3. The number of halogens is 5. The fourth-order valence-electron chi connectivity index (χ4n) is 9.17. The van der Waals surface area contributed by atoms with Gasteiger partial charge in [-0.3, -0.25) is 14.5 Å². The summed E-state index contributed by atoms with van der Waals surface area (Å²) in [5.41, 5.74) is -0.0426. The fraction of sp³-hybridized carbons (Fsp3) is 0.636. The van der Waals surface area contributed by atoms with Crippen LogP contribution < -0.4 is 0 Å². The van der Waals surface area contributed by atoms with Crippen molar-refractivity contribution in [1.29, 1.82) is 0 Å². The molecule has 4 aliphatic carbocycles. The van der Waals surface area contributed by atoms with Crippen molar-refractivity contribution >= 4 is 11.8 Å². The van der Waals surface area contributed by atoms with Crippen molar-refractivity contribution in [2.45, 2.75) is 94.9 Å². The smallest absolute Gasteiger partial charge is 0.456 e. The highest BCUT2D eigenvalue weighted by Gasteiger charge is 2.79. The predicted octanol–water partition coefficient (Wildman–Crippen LogP) is 6.81. The second-order valence-corrected chi connectivity index (χ2v) is 13.6. The Morgan fingerprint density at radius 3 is 2.30 bits per heavy atom. The third-order valence-electron chi connectivity index (χ3n) is 11.5. The molecular formula is C33H38F5NO4. The van der Waals surface area contributed by atoms with Crippen molar-refractivity contribution < 1.29 is 41.8 Å². The molecule has 0 aromatic heterocycles. The molecule has 1 heterocycles. The number of carbonyl (C=O) groups excluding carboxylic acids is 1. The molecule has 2 N–H and O–H groups in total. The van der Waals surface area contributed by atoms with Crippen LogP contribution in [0.3, 0.4) is 0 Å². The number of rotatable bonds is 5. The molecule has 2 unspecified atom stereocenters. The van der Waals surface area contributed by atoms with E-state index in [1.54, 1.807) is 6.08 Å². The molecule has 43 heavy (non-hydrogen) atoms. The molecule has 234 valence electrons. The van der Waals surface area contributed by atoms with E-state index in [1.165, 1.54) is 6.92 Å². The van der Waals surface area contributed by atoms with Gasteiger partial charge in [-0.05, 0) is 105 Å². The molecule has 2 saturated carbocycles. The monoisotopic (exact) mass is 607 g/mol. The standard InChI is InChI=1S/C33H38F5NO4/c1-30-17-26(20-4-2-19(3-5-20)18-39-14-11-21(12-15-39)29(41)42)28-24-9-7-23(40)16-22(24)6-8-25(28)27(30)10-13-31(30,43)32(34,35)33(36,37)38/h2-5,16,21,25-27,43H,6-15,17-18H2,1H3,(H,41,42)/t25?,26-,27?,30+,31+/m1/s1. The summed E-state index contributed by atoms with van der Waals surface area (Å²) in [6, 6.07) is 7.73. The Kier molecular flexibility index (Phi) is 7.43. The van der Waals surface area contributed by atoms with Crippen LogP contribution in [0.1, 0.15) is 81.8 Å². The summed E-state index contributed by atoms with van der Waals surface area (Å²) in [5, 5.41) is 20.7.